The van der Waals surface area contributed by atoms with Gasteiger partial charge in [0.05, 0.1) is 22.8 Å². The molecule has 25 heavy (non-hydrogen) atoms. The number of carbonyl (C=O) groups excluding carboxylic acids is 1. The van der Waals surface area contributed by atoms with E-state index in [-0.39, 0.29) is 24.5 Å². The fourth-order valence-corrected chi connectivity index (χ4v) is 3.10. The predicted molar refractivity (Wildman–Crippen MR) is 94.8 cm³/mol. The predicted octanol–water partition coefficient (Wildman–Crippen LogP) is 1.47. The van der Waals surface area contributed by atoms with Crippen LogP contribution in [0.2, 0.25) is 10.0 Å². The molecule has 2 N–H and O–H groups in total. The van der Waals surface area contributed by atoms with E-state index in [1.807, 2.05) is 12.1 Å². The summed E-state index contributed by atoms with van der Waals surface area (Å²) in [7, 11) is 0. The van der Waals surface area contributed by atoms with Crippen molar-refractivity contribution in [3.05, 3.63) is 46.5 Å². The number of amides is 1. The molecule has 9 heteroatoms. The molecular weight excluding hydrogens is 365 g/mol. The Morgan fingerprint density at radius 2 is 2.28 bits per heavy atom. The van der Waals surface area contributed by atoms with Gasteiger partial charge < -0.3 is 15.4 Å². The molecule has 7 nitrogen and oxygen atoms in total. The van der Waals surface area contributed by atoms with Gasteiger partial charge in [0.1, 0.15) is 19.2 Å². The Morgan fingerprint density at radius 1 is 1.40 bits per heavy atom. The lowest BCUT2D eigenvalue weighted by molar-refractivity contribution is -0.122. The van der Waals surface area contributed by atoms with Gasteiger partial charge in [-0.25, -0.2) is 9.67 Å². The number of nitrogens with one attached hydrogen (secondary N) is 2. The van der Waals surface area contributed by atoms with Crippen LogP contribution in [0.15, 0.2) is 30.9 Å². The minimum absolute atomic E-state index is 0.0592. The Hall–Kier alpha value is -1.67. The van der Waals surface area contributed by atoms with Crippen molar-refractivity contribution in [3.63, 3.8) is 0 Å². The van der Waals surface area contributed by atoms with Crippen LogP contribution in [0.3, 0.4) is 0 Å². The van der Waals surface area contributed by atoms with E-state index in [1.54, 1.807) is 6.07 Å². The van der Waals surface area contributed by atoms with Crippen LogP contribution in [0.1, 0.15) is 11.5 Å². The first-order valence-electron chi connectivity index (χ1n) is 8.00. The van der Waals surface area contributed by atoms with Crippen LogP contribution in [-0.4, -0.2) is 53.0 Å². The molecule has 1 aromatic carbocycles. The molecule has 134 valence electrons. The highest BCUT2D eigenvalue weighted by molar-refractivity contribution is 6.42. The highest BCUT2D eigenvalue weighted by Gasteiger charge is 2.27. The van der Waals surface area contributed by atoms with Crippen LogP contribution in [-0.2, 0) is 16.1 Å². The van der Waals surface area contributed by atoms with Gasteiger partial charge in [-0.15, -0.1) is 0 Å². The SMILES string of the molecule is O=C(Cn1cncn1)NCC1OCCNCC1c1ccc(Cl)c(Cl)c1. The van der Waals surface area contributed by atoms with Crippen molar-refractivity contribution in [1.29, 1.82) is 0 Å². The number of carbonyl (C=O) groups is 1. The summed E-state index contributed by atoms with van der Waals surface area (Å²) < 4.78 is 7.41. The summed E-state index contributed by atoms with van der Waals surface area (Å²) in [5.41, 5.74) is 1.03. The summed E-state index contributed by atoms with van der Waals surface area (Å²) >= 11 is 12.2. The number of benzene rings is 1. The average molecular weight is 384 g/mol. The molecule has 1 aliphatic heterocycles. The van der Waals surface area contributed by atoms with Gasteiger partial charge in [0, 0.05) is 25.6 Å². The van der Waals surface area contributed by atoms with E-state index in [0.717, 1.165) is 18.7 Å². The first-order chi connectivity index (χ1) is 12.1. The van der Waals surface area contributed by atoms with E-state index in [1.165, 1.54) is 17.3 Å². The molecule has 2 aromatic rings. The van der Waals surface area contributed by atoms with Crippen LogP contribution in [0, 0.1) is 0 Å². The second-order valence-electron chi connectivity index (χ2n) is 5.79. The Balaban J connectivity index is 1.65. The van der Waals surface area contributed by atoms with Gasteiger partial charge in [-0.3, -0.25) is 4.79 Å². The third-order valence-electron chi connectivity index (χ3n) is 4.07. The van der Waals surface area contributed by atoms with E-state index in [9.17, 15) is 4.79 Å². The van der Waals surface area contributed by atoms with Gasteiger partial charge in [-0.1, -0.05) is 29.3 Å². The highest BCUT2D eigenvalue weighted by Crippen LogP contribution is 2.29. The molecule has 0 bridgehead atoms. The molecule has 1 saturated heterocycles. The van der Waals surface area contributed by atoms with Crippen molar-refractivity contribution in [2.45, 2.75) is 18.6 Å². The molecule has 2 unspecified atom stereocenters. The second-order valence-corrected chi connectivity index (χ2v) is 6.60. The highest BCUT2D eigenvalue weighted by atomic mass is 35.5. The number of ether oxygens (including phenoxy) is 1. The summed E-state index contributed by atoms with van der Waals surface area (Å²) in [4.78, 5) is 15.9. The normalized spacial score (nSPS) is 20.9. The van der Waals surface area contributed by atoms with Crippen LogP contribution >= 0.6 is 23.2 Å². The smallest absolute Gasteiger partial charge is 0.241 e. The summed E-state index contributed by atoms with van der Waals surface area (Å²) in [6.45, 7) is 2.62. The number of nitrogens with zero attached hydrogens (tertiary/aromatic N) is 3. The van der Waals surface area contributed by atoms with Crippen LogP contribution in [0.25, 0.3) is 0 Å². The van der Waals surface area contributed by atoms with E-state index < -0.39 is 0 Å². The van der Waals surface area contributed by atoms with E-state index in [2.05, 4.69) is 20.7 Å². The number of hydrogen-bond donors (Lipinski definition) is 2. The van der Waals surface area contributed by atoms with E-state index in [0.29, 0.717) is 23.2 Å². The standard InChI is InChI=1S/C16H19Cl2N5O2/c17-13-2-1-11(5-14(13)18)12-6-19-3-4-25-15(12)7-21-16(24)8-23-10-20-9-22-23/h1-2,5,9-10,12,15,19H,3-4,6-8H2,(H,21,24). The maximum atomic E-state index is 12.1. The second kappa shape index (κ2) is 8.62. The fourth-order valence-electron chi connectivity index (χ4n) is 2.80. The Morgan fingerprint density at radius 3 is 3.04 bits per heavy atom. The maximum Gasteiger partial charge on any atom is 0.241 e. The van der Waals surface area contributed by atoms with Crippen molar-refractivity contribution < 1.29 is 9.53 Å². The van der Waals surface area contributed by atoms with Crippen LogP contribution < -0.4 is 10.6 Å². The lowest BCUT2D eigenvalue weighted by Gasteiger charge is -2.25. The van der Waals surface area contributed by atoms with Gasteiger partial charge in [0.2, 0.25) is 5.91 Å². The van der Waals surface area contributed by atoms with Gasteiger partial charge >= 0.3 is 0 Å². The van der Waals surface area contributed by atoms with Crippen LogP contribution in [0.4, 0.5) is 0 Å². The first-order valence-corrected chi connectivity index (χ1v) is 8.75. The monoisotopic (exact) mass is 383 g/mol. The molecule has 1 aliphatic rings. The molecule has 2 heterocycles. The quantitative estimate of drug-likeness (QED) is 0.816. The molecule has 3 rings (SSSR count). The zero-order valence-electron chi connectivity index (χ0n) is 13.5. The summed E-state index contributed by atoms with van der Waals surface area (Å²) in [6, 6.07) is 5.58. The van der Waals surface area contributed by atoms with Crippen molar-refractivity contribution in [3.8, 4) is 0 Å². The summed E-state index contributed by atoms with van der Waals surface area (Å²) in [6.07, 6.45) is 2.74. The lowest BCUT2D eigenvalue weighted by Crippen LogP contribution is -2.39. The fraction of sp³-hybridized carbons (Fsp3) is 0.438. The van der Waals surface area contributed by atoms with Gasteiger partial charge in [-0.05, 0) is 17.7 Å². The molecule has 1 amide bonds. The Labute approximate surface area is 155 Å². The molecule has 0 saturated carbocycles. The van der Waals surface area contributed by atoms with Crippen molar-refractivity contribution in [2.24, 2.45) is 0 Å². The van der Waals surface area contributed by atoms with Gasteiger partial charge in [0.25, 0.3) is 0 Å². The largest absolute Gasteiger partial charge is 0.374 e. The maximum absolute atomic E-state index is 12.1. The van der Waals surface area contributed by atoms with Crippen molar-refractivity contribution >= 4 is 29.1 Å². The molecular formula is C16H19Cl2N5O2. The van der Waals surface area contributed by atoms with E-state index in [4.69, 9.17) is 27.9 Å². The Kier molecular flexibility index (Phi) is 6.25. The number of aromatic nitrogens is 3. The number of rotatable bonds is 5. The minimum atomic E-state index is -0.160. The molecule has 1 aromatic heterocycles. The zero-order valence-corrected chi connectivity index (χ0v) is 15.0. The van der Waals surface area contributed by atoms with Gasteiger partial charge in [-0.2, -0.15) is 5.10 Å². The third kappa shape index (κ3) is 4.92. The van der Waals surface area contributed by atoms with Crippen LogP contribution in [0.5, 0.6) is 0 Å². The molecule has 0 spiro atoms. The minimum Gasteiger partial charge on any atom is -0.374 e. The molecule has 1 fully saturated rings. The average Bonchev–Trinajstić information content (AvgIpc) is 2.98. The Bertz CT molecular complexity index is 711. The third-order valence-corrected chi connectivity index (χ3v) is 4.81. The topological polar surface area (TPSA) is 81.1 Å². The van der Waals surface area contributed by atoms with Crippen molar-refractivity contribution in [2.75, 3.05) is 26.2 Å². The first kappa shape index (κ1) is 18.1. The molecule has 0 aliphatic carbocycles. The lowest BCUT2D eigenvalue weighted by atomic mass is 9.93. The zero-order chi connectivity index (χ0) is 17.6. The van der Waals surface area contributed by atoms with Gasteiger partial charge in [0.15, 0.2) is 0 Å². The summed E-state index contributed by atoms with van der Waals surface area (Å²) in [5, 5.41) is 11.2. The number of hydrogen-bond acceptors (Lipinski definition) is 5. The number of halogens is 2. The van der Waals surface area contributed by atoms with Crippen molar-refractivity contribution in [1.82, 2.24) is 25.4 Å². The van der Waals surface area contributed by atoms with E-state index >= 15 is 0 Å². The molecule has 0 radical (unpaired) electrons. The summed E-state index contributed by atoms with van der Waals surface area (Å²) in [5.74, 6) is -0.0804. The molecule has 2 atom stereocenters.